The largest absolute Gasteiger partial charge is 0.352 e. The third-order valence-electron chi connectivity index (χ3n) is 4.70. The second-order valence-electron chi connectivity index (χ2n) is 8.35. The smallest absolute Gasteiger partial charge is 0.251 e. The number of anilines is 1. The number of amides is 2. The molecule has 1 N–H and O–H groups in total. The molecule has 0 aliphatic carbocycles. The molecule has 0 unspecified atom stereocenters. The summed E-state index contributed by atoms with van der Waals surface area (Å²) >= 11 is 0. The van der Waals surface area contributed by atoms with Crippen molar-refractivity contribution in [2.24, 2.45) is 11.8 Å². The molecule has 150 valence electrons. The molecule has 0 aromatic heterocycles. The fourth-order valence-electron chi connectivity index (χ4n) is 3.61. The van der Waals surface area contributed by atoms with Gasteiger partial charge in [0.05, 0.1) is 0 Å². The van der Waals surface area contributed by atoms with Gasteiger partial charge in [0.1, 0.15) is 0 Å². The normalized spacial score (nSPS) is 14.6. The Morgan fingerprint density at radius 2 is 1.74 bits per heavy atom. The maximum absolute atomic E-state index is 12.3. The van der Waals surface area contributed by atoms with Crippen LogP contribution in [0.1, 0.15) is 57.3 Å². The molecule has 0 bridgehead atoms. The fraction of sp³-hybridized carbons (Fsp3) is 0.636. The Hall–Kier alpha value is -1.88. The third-order valence-corrected chi connectivity index (χ3v) is 4.70. The molecule has 27 heavy (non-hydrogen) atoms. The van der Waals surface area contributed by atoms with Crippen molar-refractivity contribution in [1.29, 1.82) is 0 Å². The van der Waals surface area contributed by atoms with Gasteiger partial charge in [-0.1, -0.05) is 27.7 Å². The van der Waals surface area contributed by atoms with Crippen molar-refractivity contribution in [2.45, 2.75) is 47.0 Å². The summed E-state index contributed by atoms with van der Waals surface area (Å²) in [4.78, 5) is 28.4. The van der Waals surface area contributed by atoms with E-state index in [0.717, 1.165) is 44.7 Å². The van der Waals surface area contributed by atoms with E-state index >= 15 is 0 Å². The summed E-state index contributed by atoms with van der Waals surface area (Å²) in [6.07, 6.45) is 2.48. The summed E-state index contributed by atoms with van der Waals surface area (Å²) in [5, 5.41) is 3.01. The summed E-state index contributed by atoms with van der Waals surface area (Å²) in [5.74, 6) is 1.42. The summed E-state index contributed by atoms with van der Waals surface area (Å²) in [5.41, 5.74) is 1.53. The molecular formula is C22H35N3O2. The second-order valence-corrected chi connectivity index (χ2v) is 8.35. The summed E-state index contributed by atoms with van der Waals surface area (Å²) in [6.45, 7) is 13.6. The summed E-state index contributed by atoms with van der Waals surface area (Å²) in [7, 11) is 0. The maximum atomic E-state index is 12.3. The van der Waals surface area contributed by atoms with Crippen molar-refractivity contribution >= 4 is 17.5 Å². The van der Waals surface area contributed by atoms with Crippen molar-refractivity contribution in [2.75, 3.05) is 37.6 Å². The van der Waals surface area contributed by atoms with Crippen LogP contribution in [-0.2, 0) is 4.79 Å². The van der Waals surface area contributed by atoms with Gasteiger partial charge in [-0.05, 0) is 55.5 Å². The van der Waals surface area contributed by atoms with Gasteiger partial charge in [0, 0.05) is 43.9 Å². The highest BCUT2D eigenvalue weighted by atomic mass is 16.2. The molecule has 1 aromatic carbocycles. The molecule has 1 aliphatic rings. The molecule has 0 radical (unpaired) electrons. The topological polar surface area (TPSA) is 52.7 Å². The van der Waals surface area contributed by atoms with E-state index in [0.29, 0.717) is 30.4 Å². The number of carbonyl (C=O) groups excluding carboxylic acids is 2. The molecule has 1 aliphatic heterocycles. The number of rotatable bonds is 10. The quantitative estimate of drug-likeness (QED) is 0.638. The predicted octanol–water partition coefficient (Wildman–Crippen LogP) is 3.55. The SMILES string of the molecule is CC(C)CN(CCCNC(=O)c1ccc(N2CCCC2=O)cc1)CC(C)C. The molecule has 1 heterocycles. The van der Waals surface area contributed by atoms with E-state index in [-0.39, 0.29) is 11.8 Å². The molecule has 1 aromatic rings. The Labute approximate surface area is 164 Å². The van der Waals surface area contributed by atoms with Crippen LogP contribution in [0.25, 0.3) is 0 Å². The van der Waals surface area contributed by atoms with E-state index in [1.807, 2.05) is 12.1 Å². The zero-order valence-corrected chi connectivity index (χ0v) is 17.3. The first-order valence-corrected chi connectivity index (χ1v) is 10.3. The lowest BCUT2D eigenvalue weighted by atomic mass is 10.1. The Morgan fingerprint density at radius 3 is 2.26 bits per heavy atom. The van der Waals surface area contributed by atoms with Crippen LogP contribution in [0.15, 0.2) is 24.3 Å². The van der Waals surface area contributed by atoms with Gasteiger partial charge < -0.3 is 15.1 Å². The van der Waals surface area contributed by atoms with Crippen LogP contribution >= 0.6 is 0 Å². The van der Waals surface area contributed by atoms with Crippen molar-refractivity contribution < 1.29 is 9.59 Å². The first kappa shape index (κ1) is 21.4. The van der Waals surface area contributed by atoms with Gasteiger partial charge in [-0.2, -0.15) is 0 Å². The van der Waals surface area contributed by atoms with Gasteiger partial charge >= 0.3 is 0 Å². The second kappa shape index (κ2) is 10.5. The average Bonchev–Trinajstić information content (AvgIpc) is 3.03. The maximum Gasteiger partial charge on any atom is 0.251 e. The van der Waals surface area contributed by atoms with Crippen LogP contribution in [-0.4, -0.2) is 49.4 Å². The van der Waals surface area contributed by atoms with Crippen LogP contribution in [0.3, 0.4) is 0 Å². The monoisotopic (exact) mass is 373 g/mol. The van der Waals surface area contributed by atoms with Crippen LogP contribution in [0.4, 0.5) is 5.69 Å². The van der Waals surface area contributed by atoms with Crippen molar-refractivity contribution in [3.8, 4) is 0 Å². The highest BCUT2D eigenvalue weighted by Crippen LogP contribution is 2.21. The minimum absolute atomic E-state index is 0.0476. The molecule has 5 heteroatoms. The molecule has 1 fully saturated rings. The minimum Gasteiger partial charge on any atom is -0.352 e. The Morgan fingerprint density at radius 1 is 1.11 bits per heavy atom. The van der Waals surface area contributed by atoms with E-state index < -0.39 is 0 Å². The van der Waals surface area contributed by atoms with Crippen LogP contribution in [0, 0.1) is 11.8 Å². The summed E-state index contributed by atoms with van der Waals surface area (Å²) < 4.78 is 0. The number of hydrogen-bond acceptors (Lipinski definition) is 3. The Kier molecular flexibility index (Phi) is 8.29. The molecule has 0 spiro atoms. The highest BCUT2D eigenvalue weighted by Gasteiger charge is 2.21. The lowest BCUT2D eigenvalue weighted by molar-refractivity contribution is -0.117. The van der Waals surface area contributed by atoms with E-state index in [1.165, 1.54) is 0 Å². The van der Waals surface area contributed by atoms with Crippen molar-refractivity contribution in [3.05, 3.63) is 29.8 Å². The first-order chi connectivity index (χ1) is 12.9. The van der Waals surface area contributed by atoms with Gasteiger partial charge in [0.15, 0.2) is 0 Å². The van der Waals surface area contributed by atoms with Crippen LogP contribution in [0.2, 0.25) is 0 Å². The molecule has 5 nitrogen and oxygen atoms in total. The first-order valence-electron chi connectivity index (χ1n) is 10.3. The third kappa shape index (κ3) is 6.98. The average molecular weight is 374 g/mol. The summed E-state index contributed by atoms with van der Waals surface area (Å²) in [6, 6.07) is 7.34. The van der Waals surface area contributed by atoms with E-state index in [9.17, 15) is 9.59 Å². The Balaban J connectivity index is 1.77. The lowest BCUT2D eigenvalue weighted by Gasteiger charge is -2.26. The molecule has 2 amide bonds. The van der Waals surface area contributed by atoms with Gasteiger partial charge in [-0.15, -0.1) is 0 Å². The van der Waals surface area contributed by atoms with E-state index in [4.69, 9.17) is 0 Å². The van der Waals surface area contributed by atoms with E-state index in [1.54, 1.807) is 17.0 Å². The molecule has 2 rings (SSSR count). The number of hydrogen-bond donors (Lipinski definition) is 1. The van der Waals surface area contributed by atoms with Crippen molar-refractivity contribution in [3.63, 3.8) is 0 Å². The van der Waals surface area contributed by atoms with Gasteiger partial charge in [0.25, 0.3) is 5.91 Å². The minimum atomic E-state index is -0.0476. The van der Waals surface area contributed by atoms with Gasteiger partial charge in [-0.25, -0.2) is 0 Å². The predicted molar refractivity (Wildman–Crippen MR) is 111 cm³/mol. The highest BCUT2D eigenvalue weighted by molar-refractivity contribution is 5.97. The molecule has 0 saturated carbocycles. The fourth-order valence-corrected chi connectivity index (χ4v) is 3.61. The Bertz CT molecular complexity index is 600. The molecule has 1 saturated heterocycles. The number of benzene rings is 1. The number of nitrogens with zero attached hydrogens (tertiary/aromatic N) is 2. The number of nitrogens with one attached hydrogen (secondary N) is 1. The van der Waals surface area contributed by atoms with E-state index in [2.05, 4.69) is 37.9 Å². The van der Waals surface area contributed by atoms with Crippen LogP contribution < -0.4 is 10.2 Å². The van der Waals surface area contributed by atoms with Gasteiger partial charge in [0.2, 0.25) is 5.91 Å². The van der Waals surface area contributed by atoms with Crippen molar-refractivity contribution in [1.82, 2.24) is 10.2 Å². The zero-order valence-electron chi connectivity index (χ0n) is 17.3. The molecular weight excluding hydrogens is 338 g/mol. The van der Waals surface area contributed by atoms with Crippen LogP contribution in [0.5, 0.6) is 0 Å². The number of carbonyl (C=O) groups is 2. The zero-order chi connectivity index (χ0) is 19.8. The van der Waals surface area contributed by atoms with Gasteiger partial charge in [-0.3, -0.25) is 9.59 Å². The standard InChI is InChI=1S/C22H35N3O2/c1-17(2)15-24(16-18(3)4)13-6-12-23-22(27)19-8-10-20(11-9-19)25-14-5-7-21(25)26/h8-11,17-18H,5-7,12-16H2,1-4H3,(H,23,27). The molecule has 0 atom stereocenters. The lowest BCUT2D eigenvalue weighted by Crippen LogP contribution is -2.34.